The maximum atomic E-state index is 14.4. The van der Waals surface area contributed by atoms with E-state index in [9.17, 15) is 14.4 Å². The molecule has 0 fully saturated rings. The van der Waals surface area contributed by atoms with Gasteiger partial charge in [-0.3, -0.25) is 19.3 Å². The number of anilines is 1. The van der Waals surface area contributed by atoms with Gasteiger partial charge in [-0.2, -0.15) is 0 Å². The van der Waals surface area contributed by atoms with Crippen LogP contribution >= 0.6 is 0 Å². The van der Waals surface area contributed by atoms with Gasteiger partial charge in [0.2, 0.25) is 18.6 Å². The van der Waals surface area contributed by atoms with E-state index in [1.165, 1.54) is 29.7 Å². The van der Waals surface area contributed by atoms with Gasteiger partial charge in [0.1, 0.15) is 23.9 Å². The Morgan fingerprint density at radius 2 is 1.78 bits per heavy atom. The number of ketones is 1. The van der Waals surface area contributed by atoms with E-state index >= 15 is 0 Å². The quantitative estimate of drug-likeness (QED) is 0.322. The minimum absolute atomic E-state index is 0.0289. The molecule has 1 N–H and O–H groups in total. The van der Waals surface area contributed by atoms with Crippen molar-refractivity contribution in [2.24, 2.45) is 0 Å². The summed E-state index contributed by atoms with van der Waals surface area (Å²) in [5.74, 6) is -0.0277. The number of benzene rings is 3. The first kappa shape index (κ1) is 27.6. The van der Waals surface area contributed by atoms with Gasteiger partial charge in [-0.25, -0.2) is 4.68 Å². The second-order valence-electron chi connectivity index (χ2n) is 10.7. The Hall–Kier alpha value is -4.93. The molecule has 4 aromatic rings. The number of rotatable bonds is 8. The summed E-state index contributed by atoms with van der Waals surface area (Å²) in [5.41, 5.74) is 1.53. The van der Waals surface area contributed by atoms with Gasteiger partial charge in [-0.1, -0.05) is 29.5 Å². The van der Waals surface area contributed by atoms with Crippen molar-refractivity contribution in [1.29, 1.82) is 0 Å². The molecule has 2 amide bonds. The van der Waals surface area contributed by atoms with Gasteiger partial charge in [0.15, 0.2) is 17.3 Å². The standard InChI is InChI=1S/C30H31N5O6/c1-18(36)21-14-25-26(41-17-40-25)15-24(21)35(27(37)16-34-23-12-7-6-11-22(23)32-33-34)28(29(38)31-30(2,3)4)19-9-8-10-20(13-19)39-5/h6-15,28H,16-17H2,1-5H3,(H,31,38)/t28-/m1/s1. The summed E-state index contributed by atoms with van der Waals surface area (Å²) in [4.78, 5) is 42.8. The number of nitrogens with one attached hydrogen (secondary N) is 1. The van der Waals surface area contributed by atoms with E-state index in [0.29, 0.717) is 33.8 Å². The van der Waals surface area contributed by atoms with Crippen LogP contribution in [-0.2, 0) is 16.1 Å². The summed E-state index contributed by atoms with van der Waals surface area (Å²) in [5, 5.41) is 11.3. The lowest BCUT2D eigenvalue weighted by Gasteiger charge is -2.34. The number of hydrogen-bond acceptors (Lipinski definition) is 8. The molecule has 0 unspecified atom stereocenters. The van der Waals surface area contributed by atoms with Crippen LogP contribution in [0.25, 0.3) is 11.0 Å². The zero-order valence-electron chi connectivity index (χ0n) is 23.5. The molecule has 0 saturated carbocycles. The number of methoxy groups -OCH3 is 1. The summed E-state index contributed by atoms with van der Waals surface area (Å²) < 4.78 is 18.0. The molecule has 1 atom stereocenters. The highest BCUT2D eigenvalue weighted by Crippen LogP contribution is 2.42. The number of carbonyl (C=O) groups excluding carboxylic acids is 3. The molecule has 0 aliphatic carbocycles. The third-order valence-electron chi connectivity index (χ3n) is 6.52. The minimum atomic E-state index is -1.19. The Morgan fingerprint density at radius 3 is 2.49 bits per heavy atom. The summed E-state index contributed by atoms with van der Waals surface area (Å²) in [6, 6.07) is 16.1. The van der Waals surface area contributed by atoms with E-state index in [1.807, 2.05) is 32.9 Å². The highest BCUT2D eigenvalue weighted by Gasteiger charge is 2.37. The Bertz CT molecular complexity index is 1640. The molecule has 11 heteroatoms. The van der Waals surface area contributed by atoms with E-state index in [1.54, 1.807) is 42.5 Å². The van der Waals surface area contributed by atoms with E-state index in [-0.39, 0.29) is 30.4 Å². The molecule has 1 aliphatic rings. The summed E-state index contributed by atoms with van der Waals surface area (Å²) in [6.07, 6.45) is 0. The SMILES string of the molecule is COc1cccc([C@H](C(=O)NC(C)(C)C)N(C(=O)Cn2nnc3ccccc32)c2cc3c(cc2C(C)=O)OCO3)c1. The Kier molecular flexibility index (Phi) is 7.36. The summed E-state index contributed by atoms with van der Waals surface area (Å²) in [7, 11) is 1.52. The summed E-state index contributed by atoms with van der Waals surface area (Å²) in [6.45, 7) is 6.66. The fourth-order valence-electron chi connectivity index (χ4n) is 4.74. The van der Waals surface area contributed by atoms with Crippen LogP contribution in [0.5, 0.6) is 17.2 Å². The third kappa shape index (κ3) is 5.69. The van der Waals surface area contributed by atoms with Gasteiger partial charge in [0, 0.05) is 17.2 Å². The molecule has 2 heterocycles. The molecule has 1 aromatic heterocycles. The van der Waals surface area contributed by atoms with Crippen molar-refractivity contribution in [2.75, 3.05) is 18.8 Å². The molecule has 5 rings (SSSR count). The number of carbonyl (C=O) groups is 3. The third-order valence-corrected chi connectivity index (χ3v) is 6.52. The molecular weight excluding hydrogens is 526 g/mol. The van der Waals surface area contributed by atoms with Crippen molar-refractivity contribution in [3.05, 3.63) is 71.8 Å². The average Bonchev–Trinajstić information content (AvgIpc) is 3.56. The highest BCUT2D eigenvalue weighted by atomic mass is 16.7. The predicted octanol–water partition coefficient (Wildman–Crippen LogP) is 4.06. The monoisotopic (exact) mass is 557 g/mol. The maximum absolute atomic E-state index is 14.4. The van der Waals surface area contributed by atoms with Crippen LogP contribution in [0.2, 0.25) is 0 Å². The fraction of sp³-hybridized carbons (Fsp3) is 0.300. The first-order valence-electron chi connectivity index (χ1n) is 13.1. The fourth-order valence-corrected chi connectivity index (χ4v) is 4.74. The number of amides is 2. The van der Waals surface area contributed by atoms with Crippen molar-refractivity contribution in [3.63, 3.8) is 0 Å². The Labute approximate surface area is 237 Å². The normalized spacial score (nSPS) is 13.1. The number of nitrogens with zero attached hydrogens (tertiary/aromatic N) is 4. The second kappa shape index (κ2) is 10.9. The van der Waals surface area contributed by atoms with Gasteiger partial charge >= 0.3 is 0 Å². The van der Waals surface area contributed by atoms with Crippen LogP contribution < -0.4 is 24.4 Å². The van der Waals surface area contributed by atoms with Crippen LogP contribution in [0.4, 0.5) is 5.69 Å². The van der Waals surface area contributed by atoms with Gasteiger partial charge in [0.05, 0.1) is 18.3 Å². The van der Waals surface area contributed by atoms with E-state index in [4.69, 9.17) is 14.2 Å². The molecule has 0 radical (unpaired) electrons. The molecule has 212 valence electrons. The average molecular weight is 558 g/mol. The number of aromatic nitrogens is 3. The minimum Gasteiger partial charge on any atom is -0.497 e. The first-order valence-corrected chi connectivity index (χ1v) is 13.1. The number of para-hydroxylation sites is 1. The number of ether oxygens (including phenoxy) is 3. The van der Waals surface area contributed by atoms with Crippen molar-refractivity contribution in [1.82, 2.24) is 20.3 Å². The van der Waals surface area contributed by atoms with Gasteiger partial charge in [0.25, 0.3) is 0 Å². The predicted molar refractivity (Wildman–Crippen MR) is 151 cm³/mol. The molecule has 11 nitrogen and oxygen atoms in total. The Balaban J connectivity index is 1.72. The zero-order valence-corrected chi connectivity index (χ0v) is 23.5. The van der Waals surface area contributed by atoms with Crippen LogP contribution in [-0.4, -0.2) is 52.0 Å². The smallest absolute Gasteiger partial charge is 0.249 e. The van der Waals surface area contributed by atoms with Crippen molar-refractivity contribution >= 4 is 34.3 Å². The lowest BCUT2D eigenvalue weighted by molar-refractivity contribution is -0.128. The molecule has 0 saturated heterocycles. The van der Waals surface area contributed by atoms with Crippen molar-refractivity contribution in [3.8, 4) is 17.2 Å². The molecule has 1 aliphatic heterocycles. The molecule has 0 spiro atoms. The number of hydrogen-bond donors (Lipinski definition) is 1. The lowest BCUT2D eigenvalue weighted by Crippen LogP contribution is -2.50. The van der Waals surface area contributed by atoms with E-state index in [0.717, 1.165) is 0 Å². The molecular formula is C30H31N5O6. The second-order valence-corrected chi connectivity index (χ2v) is 10.7. The number of Topliss-reactive ketones (excluding diaryl/α,β-unsaturated/α-hetero) is 1. The van der Waals surface area contributed by atoms with E-state index < -0.39 is 23.4 Å². The van der Waals surface area contributed by atoms with Crippen molar-refractivity contribution in [2.45, 2.75) is 45.8 Å². The van der Waals surface area contributed by atoms with Crippen LogP contribution in [0, 0.1) is 0 Å². The summed E-state index contributed by atoms with van der Waals surface area (Å²) >= 11 is 0. The Morgan fingerprint density at radius 1 is 1.05 bits per heavy atom. The van der Waals surface area contributed by atoms with Gasteiger partial charge < -0.3 is 19.5 Å². The number of fused-ring (bicyclic) bond motifs is 2. The van der Waals surface area contributed by atoms with Gasteiger partial charge in [-0.15, -0.1) is 5.10 Å². The van der Waals surface area contributed by atoms with Gasteiger partial charge in [-0.05, 0) is 63.6 Å². The molecule has 3 aromatic carbocycles. The topological polar surface area (TPSA) is 125 Å². The van der Waals surface area contributed by atoms with Crippen LogP contribution in [0.3, 0.4) is 0 Å². The maximum Gasteiger partial charge on any atom is 0.249 e. The van der Waals surface area contributed by atoms with Crippen LogP contribution in [0.15, 0.2) is 60.7 Å². The largest absolute Gasteiger partial charge is 0.497 e. The zero-order chi connectivity index (χ0) is 29.3. The van der Waals surface area contributed by atoms with Crippen LogP contribution in [0.1, 0.15) is 49.7 Å². The molecule has 0 bridgehead atoms. The van der Waals surface area contributed by atoms with E-state index in [2.05, 4.69) is 15.6 Å². The first-order chi connectivity index (χ1) is 19.6. The molecule has 41 heavy (non-hydrogen) atoms. The highest BCUT2D eigenvalue weighted by molar-refractivity contribution is 6.08. The lowest BCUT2D eigenvalue weighted by atomic mass is 9.98. The van der Waals surface area contributed by atoms with Crippen molar-refractivity contribution < 1.29 is 28.6 Å².